The molecule has 0 bridgehead atoms. The first kappa shape index (κ1) is 10.5. The van der Waals surface area contributed by atoms with Crippen LogP contribution in [0.2, 0.25) is 0 Å². The predicted octanol–water partition coefficient (Wildman–Crippen LogP) is -1.54. The molecule has 1 rings (SSSR count). The Bertz CT molecular complexity index is 277. The van der Waals surface area contributed by atoms with Crippen molar-refractivity contribution in [2.24, 2.45) is 0 Å². The van der Waals surface area contributed by atoms with E-state index in [0.29, 0.717) is 13.1 Å². The molecule has 0 aliphatic carbocycles. The number of rotatable bonds is 0. The fourth-order valence-corrected chi connectivity index (χ4v) is 1.15. The lowest BCUT2D eigenvalue weighted by Gasteiger charge is -2.30. The smallest absolute Gasteiger partial charge is 0.396 e. The summed E-state index contributed by atoms with van der Waals surface area (Å²) in [7, 11) is 2.79. The summed E-state index contributed by atoms with van der Waals surface area (Å²) < 4.78 is 4.27. The molecule has 1 fully saturated rings. The van der Waals surface area contributed by atoms with Gasteiger partial charge in [-0.25, -0.2) is 4.79 Å². The summed E-state index contributed by atoms with van der Waals surface area (Å²) in [5.74, 6) is -1.86. The van der Waals surface area contributed by atoms with Crippen LogP contribution >= 0.6 is 0 Å². The number of carbonyl (C=O) groups is 3. The molecule has 78 valence electrons. The maximum absolute atomic E-state index is 11.3. The van der Waals surface area contributed by atoms with Gasteiger partial charge in [0, 0.05) is 20.1 Å². The fraction of sp³-hybridized carbons (Fsp3) is 0.625. The molecule has 14 heavy (non-hydrogen) atoms. The highest BCUT2D eigenvalue weighted by Gasteiger charge is 2.29. The molecule has 6 heteroatoms. The molecule has 0 spiro atoms. The van der Waals surface area contributed by atoms with E-state index < -0.39 is 11.9 Å². The molecule has 1 saturated heterocycles. The number of esters is 1. The van der Waals surface area contributed by atoms with Gasteiger partial charge >= 0.3 is 11.9 Å². The van der Waals surface area contributed by atoms with Crippen LogP contribution in [0, 0.1) is 0 Å². The van der Waals surface area contributed by atoms with E-state index in [-0.39, 0.29) is 12.5 Å². The van der Waals surface area contributed by atoms with E-state index in [1.807, 2.05) is 0 Å². The van der Waals surface area contributed by atoms with E-state index in [1.54, 1.807) is 7.05 Å². The van der Waals surface area contributed by atoms with E-state index >= 15 is 0 Å². The average molecular weight is 200 g/mol. The van der Waals surface area contributed by atoms with Gasteiger partial charge in [-0.3, -0.25) is 9.59 Å². The zero-order chi connectivity index (χ0) is 10.7. The maximum Gasteiger partial charge on any atom is 0.396 e. The topological polar surface area (TPSA) is 66.9 Å². The third-order valence-electron chi connectivity index (χ3n) is 2.10. The molecular formula is C8H12N2O4. The summed E-state index contributed by atoms with van der Waals surface area (Å²) in [6.45, 7) is 0.766. The summed E-state index contributed by atoms with van der Waals surface area (Å²) in [5.41, 5.74) is 0. The third-order valence-corrected chi connectivity index (χ3v) is 2.10. The van der Waals surface area contributed by atoms with Gasteiger partial charge in [0.05, 0.1) is 7.11 Å². The highest BCUT2D eigenvalue weighted by molar-refractivity contribution is 6.32. The van der Waals surface area contributed by atoms with Crippen LogP contribution < -0.4 is 0 Å². The monoisotopic (exact) mass is 200 g/mol. The van der Waals surface area contributed by atoms with E-state index in [1.165, 1.54) is 9.80 Å². The minimum atomic E-state index is -0.928. The first-order chi connectivity index (χ1) is 6.56. The van der Waals surface area contributed by atoms with Gasteiger partial charge in [-0.05, 0) is 0 Å². The van der Waals surface area contributed by atoms with Gasteiger partial charge in [0.15, 0.2) is 0 Å². The van der Waals surface area contributed by atoms with Crippen molar-refractivity contribution in [2.75, 3.05) is 33.8 Å². The molecule has 6 nitrogen and oxygen atoms in total. The lowest BCUT2D eigenvalue weighted by molar-refractivity contribution is -0.160. The van der Waals surface area contributed by atoms with Gasteiger partial charge in [0.2, 0.25) is 5.91 Å². The second kappa shape index (κ2) is 4.08. The second-order valence-electron chi connectivity index (χ2n) is 3.03. The third kappa shape index (κ3) is 2.01. The number of nitrogens with zero attached hydrogens (tertiary/aromatic N) is 2. The van der Waals surface area contributed by atoms with Gasteiger partial charge < -0.3 is 14.5 Å². The number of hydrogen-bond donors (Lipinski definition) is 0. The Morgan fingerprint density at radius 3 is 2.50 bits per heavy atom. The molecule has 0 N–H and O–H groups in total. The summed E-state index contributed by atoms with van der Waals surface area (Å²) in [4.78, 5) is 36.0. The molecule has 0 saturated carbocycles. The normalized spacial score (nSPS) is 16.9. The van der Waals surface area contributed by atoms with Gasteiger partial charge in [-0.2, -0.15) is 0 Å². The predicted molar refractivity (Wildman–Crippen MR) is 46.2 cm³/mol. The van der Waals surface area contributed by atoms with E-state index in [2.05, 4.69) is 4.74 Å². The average Bonchev–Trinajstić information content (AvgIpc) is 2.20. The van der Waals surface area contributed by atoms with E-state index in [0.717, 1.165) is 7.11 Å². The van der Waals surface area contributed by atoms with E-state index in [9.17, 15) is 14.4 Å². The minimum absolute atomic E-state index is 0.0512. The number of hydrogen-bond acceptors (Lipinski definition) is 4. The number of likely N-dealkylation sites (N-methyl/N-ethyl adjacent to an activating group) is 1. The van der Waals surface area contributed by atoms with Crippen molar-refractivity contribution >= 4 is 17.8 Å². The molecular weight excluding hydrogens is 188 g/mol. The number of methoxy groups -OCH3 is 1. The zero-order valence-electron chi connectivity index (χ0n) is 8.15. The quantitative estimate of drug-likeness (QED) is 0.351. The van der Waals surface area contributed by atoms with Crippen molar-refractivity contribution in [1.29, 1.82) is 0 Å². The molecule has 0 aromatic rings. The van der Waals surface area contributed by atoms with Gasteiger partial charge in [0.1, 0.15) is 6.54 Å². The van der Waals surface area contributed by atoms with Gasteiger partial charge in [-0.15, -0.1) is 0 Å². The molecule has 1 aliphatic rings. The van der Waals surface area contributed by atoms with Gasteiger partial charge in [0.25, 0.3) is 0 Å². The summed E-state index contributed by atoms with van der Waals surface area (Å²) in [5, 5.41) is 0. The first-order valence-corrected chi connectivity index (χ1v) is 4.17. The van der Waals surface area contributed by atoms with Crippen molar-refractivity contribution in [2.45, 2.75) is 0 Å². The lowest BCUT2D eigenvalue weighted by atomic mass is 10.3. The van der Waals surface area contributed by atoms with Crippen molar-refractivity contribution in [1.82, 2.24) is 9.80 Å². The molecule has 0 unspecified atom stereocenters. The molecule has 2 amide bonds. The van der Waals surface area contributed by atoms with Crippen LogP contribution in [-0.2, 0) is 19.1 Å². The van der Waals surface area contributed by atoms with Crippen LogP contribution in [0.15, 0.2) is 0 Å². The Morgan fingerprint density at radius 1 is 1.36 bits per heavy atom. The summed E-state index contributed by atoms with van der Waals surface area (Å²) >= 11 is 0. The van der Waals surface area contributed by atoms with Crippen molar-refractivity contribution in [3.05, 3.63) is 0 Å². The zero-order valence-corrected chi connectivity index (χ0v) is 8.15. The number of ether oxygens (including phenoxy) is 1. The maximum atomic E-state index is 11.3. The standard InChI is InChI=1S/C8H12N2O4/c1-9-3-4-10(5-6(9)11)7(12)8(13)14-2/h3-5H2,1-2H3. The Kier molecular flexibility index (Phi) is 3.06. The fourth-order valence-electron chi connectivity index (χ4n) is 1.15. The van der Waals surface area contributed by atoms with Crippen LogP contribution in [0.3, 0.4) is 0 Å². The molecule has 0 radical (unpaired) electrons. The first-order valence-electron chi connectivity index (χ1n) is 4.17. The number of amides is 2. The Morgan fingerprint density at radius 2 is 2.00 bits per heavy atom. The number of carbonyl (C=O) groups excluding carboxylic acids is 3. The van der Waals surface area contributed by atoms with Gasteiger partial charge in [-0.1, -0.05) is 0 Å². The van der Waals surface area contributed by atoms with Crippen molar-refractivity contribution in [3.8, 4) is 0 Å². The summed E-state index contributed by atoms with van der Waals surface area (Å²) in [6.07, 6.45) is 0. The largest absolute Gasteiger partial charge is 0.462 e. The molecule has 1 aliphatic heterocycles. The second-order valence-corrected chi connectivity index (χ2v) is 3.03. The highest BCUT2D eigenvalue weighted by atomic mass is 16.5. The van der Waals surface area contributed by atoms with Crippen molar-refractivity contribution < 1.29 is 19.1 Å². The Hall–Kier alpha value is -1.59. The Labute approximate surface area is 81.4 Å². The van der Waals surface area contributed by atoms with Crippen molar-refractivity contribution in [3.63, 3.8) is 0 Å². The van der Waals surface area contributed by atoms with Crippen LogP contribution in [-0.4, -0.2) is 61.4 Å². The molecule has 0 aromatic heterocycles. The van der Waals surface area contributed by atoms with Crippen LogP contribution in [0.5, 0.6) is 0 Å². The van der Waals surface area contributed by atoms with Crippen LogP contribution in [0.1, 0.15) is 0 Å². The molecule has 0 atom stereocenters. The Balaban J connectivity index is 2.59. The molecule has 1 heterocycles. The van der Waals surface area contributed by atoms with Crippen LogP contribution in [0.4, 0.5) is 0 Å². The highest BCUT2D eigenvalue weighted by Crippen LogP contribution is 2.01. The minimum Gasteiger partial charge on any atom is -0.462 e. The molecule has 0 aromatic carbocycles. The SMILES string of the molecule is COC(=O)C(=O)N1CCN(C)C(=O)C1. The number of piperazine rings is 1. The van der Waals surface area contributed by atoms with E-state index in [4.69, 9.17) is 0 Å². The summed E-state index contributed by atoms with van der Waals surface area (Å²) in [6, 6.07) is 0. The van der Waals surface area contributed by atoms with Crippen LogP contribution in [0.25, 0.3) is 0 Å². The lowest BCUT2D eigenvalue weighted by Crippen LogP contribution is -2.52.